The Bertz CT molecular complexity index is 650. The molecule has 5 nitrogen and oxygen atoms in total. The Kier molecular flexibility index (Phi) is 3.53. The number of hydrogen-bond acceptors (Lipinski definition) is 5. The number of nitrogens with one attached hydrogen (secondary N) is 1. The van der Waals surface area contributed by atoms with E-state index in [2.05, 4.69) is 31.4 Å². The third-order valence-corrected chi connectivity index (χ3v) is 3.90. The number of benzene rings is 1. The molecule has 1 aliphatic heterocycles. The van der Waals surface area contributed by atoms with Gasteiger partial charge in [-0.05, 0) is 34.5 Å². The molecule has 0 spiro atoms. The summed E-state index contributed by atoms with van der Waals surface area (Å²) in [5, 5.41) is 16.2. The zero-order chi connectivity index (χ0) is 14.3. The van der Waals surface area contributed by atoms with E-state index in [0.29, 0.717) is 24.4 Å². The zero-order valence-electron chi connectivity index (χ0n) is 10.1. The van der Waals surface area contributed by atoms with Crippen LogP contribution in [0, 0.1) is 11.6 Å². The molecule has 8 heteroatoms. The summed E-state index contributed by atoms with van der Waals surface area (Å²) >= 11 is 2.98. The molecule has 0 unspecified atom stereocenters. The predicted molar refractivity (Wildman–Crippen MR) is 68.7 cm³/mol. The predicted octanol–water partition coefficient (Wildman–Crippen LogP) is 2.17. The van der Waals surface area contributed by atoms with Gasteiger partial charge in [0.05, 0.1) is 16.6 Å². The molecule has 0 radical (unpaired) electrons. The van der Waals surface area contributed by atoms with E-state index < -0.39 is 17.7 Å². The molecule has 3 rings (SSSR count). The first-order valence-electron chi connectivity index (χ1n) is 5.95. The minimum absolute atomic E-state index is 0.0516. The highest BCUT2D eigenvalue weighted by Gasteiger charge is 2.28. The van der Waals surface area contributed by atoms with Crippen LogP contribution in [-0.2, 0) is 0 Å². The standard InChI is InChI=1S/C12H10BrF2N3O2/c13-9-6(1-2-7(14)10(9)15)11-17-12(20-18-11)8-3-5(19)4-16-8/h1-2,5,8,16,19H,3-4H2/t5-,8-/m1/s1. The smallest absolute Gasteiger partial charge is 0.244 e. The van der Waals surface area contributed by atoms with Crippen LogP contribution in [-0.4, -0.2) is 27.9 Å². The summed E-state index contributed by atoms with van der Waals surface area (Å²) < 4.78 is 31.6. The van der Waals surface area contributed by atoms with Crippen molar-refractivity contribution in [3.05, 3.63) is 34.1 Å². The lowest BCUT2D eigenvalue weighted by Gasteiger charge is -2.02. The monoisotopic (exact) mass is 345 g/mol. The maximum atomic E-state index is 13.5. The molecule has 2 aromatic rings. The molecular weight excluding hydrogens is 336 g/mol. The Morgan fingerprint density at radius 1 is 1.40 bits per heavy atom. The third kappa shape index (κ3) is 2.34. The quantitative estimate of drug-likeness (QED) is 0.816. The number of hydrogen-bond donors (Lipinski definition) is 2. The average molecular weight is 346 g/mol. The second kappa shape index (κ2) is 5.19. The van der Waals surface area contributed by atoms with E-state index in [-0.39, 0.29) is 16.3 Å². The lowest BCUT2D eigenvalue weighted by atomic mass is 10.2. The van der Waals surface area contributed by atoms with Crippen molar-refractivity contribution in [3.63, 3.8) is 0 Å². The molecule has 1 aromatic heterocycles. The molecule has 1 fully saturated rings. The molecule has 106 valence electrons. The molecule has 0 bridgehead atoms. The first kappa shape index (κ1) is 13.6. The summed E-state index contributed by atoms with van der Waals surface area (Å²) in [4.78, 5) is 4.16. The van der Waals surface area contributed by atoms with Crippen LogP contribution in [0.3, 0.4) is 0 Å². The van der Waals surface area contributed by atoms with Gasteiger partial charge in [0.25, 0.3) is 0 Å². The molecule has 20 heavy (non-hydrogen) atoms. The fourth-order valence-electron chi connectivity index (χ4n) is 2.09. The van der Waals surface area contributed by atoms with Crippen LogP contribution < -0.4 is 5.32 Å². The summed E-state index contributed by atoms with van der Waals surface area (Å²) in [5.74, 6) is -1.48. The van der Waals surface area contributed by atoms with Crippen LogP contribution in [0.15, 0.2) is 21.1 Å². The molecule has 1 saturated heterocycles. The minimum atomic E-state index is -0.997. The summed E-state index contributed by atoms with van der Waals surface area (Å²) in [7, 11) is 0. The molecule has 0 saturated carbocycles. The SMILES string of the molecule is O[C@H]1CN[C@@H](c2nc(-c3ccc(F)c(F)c3Br)no2)C1. The Morgan fingerprint density at radius 2 is 2.20 bits per heavy atom. The molecule has 1 aromatic carbocycles. The van der Waals surface area contributed by atoms with Crippen LogP contribution in [0.2, 0.25) is 0 Å². The van der Waals surface area contributed by atoms with Crippen molar-refractivity contribution in [2.75, 3.05) is 6.54 Å². The Morgan fingerprint density at radius 3 is 2.90 bits per heavy atom. The second-order valence-corrected chi connectivity index (χ2v) is 5.32. The van der Waals surface area contributed by atoms with Crippen molar-refractivity contribution in [3.8, 4) is 11.4 Å². The number of aromatic nitrogens is 2. The van der Waals surface area contributed by atoms with Crippen molar-refractivity contribution in [1.29, 1.82) is 0 Å². The molecule has 2 N–H and O–H groups in total. The van der Waals surface area contributed by atoms with E-state index in [1.165, 1.54) is 6.07 Å². The number of aliphatic hydroxyl groups is 1. The van der Waals surface area contributed by atoms with Crippen LogP contribution in [0.5, 0.6) is 0 Å². The van der Waals surface area contributed by atoms with Crippen LogP contribution in [0.4, 0.5) is 8.78 Å². The maximum Gasteiger partial charge on any atom is 0.244 e. The van der Waals surface area contributed by atoms with Gasteiger partial charge in [0.2, 0.25) is 11.7 Å². The molecule has 2 atom stereocenters. The van der Waals surface area contributed by atoms with Gasteiger partial charge in [-0.3, -0.25) is 0 Å². The Balaban J connectivity index is 1.92. The third-order valence-electron chi connectivity index (χ3n) is 3.12. The van der Waals surface area contributed by atoms with Gasteiger partial charge in [0.15, 0.2) is 11.6 Å². The van der Waals surface area contributed by atoms with E-state index in [4.69, 9.17) is 4.52 Å². The largest absolute Gasteiger partial charge is 0.392 e. The summed E-state index contributed by atoms with van der Waals surface area (Å²) in [5.41, 5.74) is 0.303. The second-order valence-electron chi connectivity index (χ2n) is 4.53. The normalized spacial score (nSPS) is 22.4. The molecule has 0 amide bonds. The fraction of sp³-hybridized carbons (Fsp3) is 0.333. The van der Waals surface area contributed by atoms with Crippen molar-refractivity contribution >= 4 is 15.9 Å². The number of rotatable bonds is 2. The summed E-state index contributed by atoms with van der Waals surface area (Å²) in [6, 6.07) is 2.15. The average Bonchev–Trinajstić information content (AvgIpc) is 3.05. The minimum Gasteiger partial charge on any atom is -0.392 e. The zero-order valence-corrected chi connectivity index (χ0v) is 11.7. The first-order chi connectivity index (χ1) is 9.56. The van der Waals surface area contributed by atoms with Gasteiger partial charge >= 0.3 is 0 Å². The van der Waals surface area contributed by atoms with E-state index in [0.717, 1.165) is 6.07 Å². The van der Waals surface area contributed by atoms with Crippen molar-refractivity contribution in [1.82, 2.24) is 15.5 Å². The maximum absolute atomic E-state index is 13.5. The molecule has 1 aliphatic rings. The first-order valence-corrected chi connectivity index (χ1v) is 6.74. The highest BCUT2D eigenvalue weighted by molar-refractivity contribution is 9.10. The van der Waals surface area contributed by atoms with Gasteiger partial charge < -0.3 is 14.9 Å². The Labute approximate surface area is 121 Å². The van der Waals surface area contributed by atoms with Crippen LogP contribution in [0.25, 0.3) is 11.4 Å². The van der Waals surface area contributed by atoms with Gasteiger partial charge in [0.1, 0.15) is 0 Å². The number of halogens is 3. The van der Waals surface area contributed by atoms with Crippen LogP contribution >= 0.6 is 15.9 Å². The topological polar surface area (TPSA) is 71.2 Å². The van der Waals surface area contributed by atoms with Gasteiger partial charge in [-0.1, -0.05) is 5.16 Å². The van der Waals surface area contributed by atoms with Gasteiger partial charge in [-0.15, -0.1) is 0 Å². The van der Waals surface area contributed by atoms with E-state index in [9.17, 15) is 13.9 Å². The van der Waals surface area contributed by atoms with E-state index >= 15 is 0 Å². The number of aliphatic hydroxyl groups excluding tert-OH is 1. The van der Waals surface area contributed by atoms with E-state index in [1.54, 1.807) is 0 Å². The van der Waals surface area contributed by atoms with Crippen molar-refractivity contribution in [2.24, 2.45) is 0 Å². The summed E-state index contributed by atoms with van der Waals surface area (Å²) in [6.07, 6.45) is 0.0194. The lowest BCUT2D eigenvalue weighted by Crippen LogP contribution is -2.15. The van der Waals surface area contributed by atoms with Crippen LogP contribution in [0.1, 0.15) is 18.4 Å². The highest BCUT2D eigenvalue weighted by atomic mass is 79.9. The Hall–Kier alpha value is -1.38. The number of nitrogens with zero attached hydrogens (tertiary/aromatic N) is 2. The van der Waals surface area contributed by atoms with Gasteiger partial charge in [-0.2, -0.15) is 4.98 Å². The van der Waals surface area contributed by atoms with E-state index in [1.807, 2.05) is 0 Å². The van der Waals surface area contributed by atoms with Gasteiger partial charge in [0, 0.05) is 12.1 Å². The molecule has 0 aliphatic carbocycles. The fourth-order valence-corrected chi connectivity index (χ4v) is 2.59. The molecular formula is C12H10BrF2N3O2. The van der Waals surface area contributed by atoms with Crippen molar-refractivity contribution < 1.29 is 18.4 Å². The number of β-amino-alcohol motifs (C(OH)–C–C–N with tert-alkyl or cyclic N) is 1. The lowest BCUT2D eigenvalue weighted by molar-refractivity contribution is 0.191. The summed E-state index contributed by atoms with van der Waals surface area (Å²) in [6.45, 7) is 0.456. The van der Waals surface area contributed by atoms with Gasteiger partial charge in [-0.25, -0.2) is 8.78 Å². The molecule has 2 heterocycles. The highest BCUT2D eigenvalue weighted by Crippen LogP contribution is 2.31. The van der Waals surface area contributed by atoms with Crippen molar-refractivity contribution in [2.45, 2.75) is 18.6 Å².